The van der Waals surface area contributed by atoms with E-state index in [9.17, 15) is 9.90 Å². The summed E-state index contributed by atoms with van der Waals surface area (Å²) in [5, 5.41) is 9.85. The number of aromatic nitrogens is 2. The number of aromatic carboxylic acids is 1. The number of unbranched alkanes of at least 4 members (excludes halogenated alkanes) is 1. The molecule has 3 aromatic rings. The van der Waals surface area contributed by atoms with Crippen molar-refractivity contribution in [3.63, 3.8) is 0 Å². The van der Waals surface area contributed by atoms with Crippen LogP contribution in [-0.4, -0.2) is 27.2 Å². The Kier molecular flexibility index (Phi) is 5.47. The van der Waals surface area contributed by atoms with E-state index >= 15 is 0 Å². The van der Waals surface area contributed by atoms with Gasteiger partial charge >= 0.3 is 5.97 Å². The molecule has 2 aromatic carbocycles. The Morgan fingerprint density at radius 3 is 2.77 bits per heavy atom. The van der Waals surface area contributed by atoms with Crippen molar-refractivity contribution in [3.05, 3.63) is 58.4 Å². The minimum atomic E-state index is -0.955. The Morgan fingerprint density at radius 2 is 2.08 bits per heavy atom. The van der Waals surface area contributed by atoms with Crippen molar-refractivity contribution in [3.8, 4) is 5.75 Å². The van der Waals surface area contributed by atoms with Gasteiger partial charge in [0.05, 0.1) is 29.7 Å². The summed E-state index contributed by atoms with van der Waals surface area (Å²) in [5.41, 5.74) is 2.71. The highest BCUT2D eigenvalue weighted by molar-refractivity contribution is 6.31. The number of carboxylic acid groups (broad SMARTS) is 1. The second-order valence-electron chi connectivity index (χ2n) is 6.21. The summed E-state index contributed by atoms with van der Waals surface area (Å²) in [6.07, 6.45) is 2.09. The smallest absolute Gasteiger partial charge is 0.335 e. The van der Waals surface area contributed by atoms with Crippen LogP contribution in [0.2, 0.25) is 5.02 Å². The van der Waals surface area contributed by atoms with Crippen molar-refractivity contribution in [2.75, 3.05) is 6.61 Å². The summed E-state index contributed by atoms with van der Waals surface area (Å²) < 4.78 is 7.66. The Labute approximate surface area is 157 Å². The fourth-order valence-corrected chi connectivity index (χ4v) is 3.06. The van der Waals surface area contributed by atoms with Crippen molar-refractivity contribution < 1.29 is 14.6 Å². The first-order valence-corrected chi connectivity index (χ1v) is 8.98. The van der Waals surface area contributed by atoms with Crippen LogP contribution in [-0.2, 0) is 6.54 Å². The first kappa shape index (κ1) is 18.3. The van der Waals surface area contributed by atoms with Gasteiger partial charge in [0.1, 0.15) is 11.6 Å². The molecule has 1 heterocycles. The number of nitrogens with zero attached hydrogens (tertiary/aromatic N) is 2. The quantitative estimate of drug-likeness (QED) is 0.597. The lowest BCUT2D eigenvalue weighted by atomic mass is 10.2. The number of fused-ring (bicyclic) bond motifs is 1. The highest BCUT2D eigenvalue weighted by atomic mass is 35.5. The molecule has 0 aliphatic heterocycles. The number of carboxylic acids is 1. The predicted octanol–water partition coefficient (Wildman–Crippen LogP) is 4.92. The largest absolute Gasteiger partial charge is 0.494 e. The van der Waals surface area contributed by atoms with Crippen LogP contribution in [0.1, 0.15) is 41.5 Å². The lowest BCUT2D eigenvalue weighted by Gasteiger charge is -2.11. The molecule has 1 N–H and O–H groups in total. The second kappa shape index (κ2) is 7.79. The van der Waals surface area contributed by atoms with Gasteiger partial charge in [-0.3, -0.25) is 0 Å². The van der Waals surface area contributed by atoms with E-state index in [4.69, 9.17) is 16.3 Å². The number of ether oxygens (including phenoxy) is 1. The molecule has 0 amide bonds. The normalized spacial score (nSPS) is 11.0. The lowest BCUT2D eigenvalue weighted by molar-refractivity contribution is 0.0697. The molecule has 0 radical (unpaired) electrons. The first-order chi connectivity index (χ1) is 12.5. The monoisotopic (exact) mass is 372 g/mol. The number of rotatable bonds is 7. The van der Waals surface area contributed by atoms with E-state index in [0.29, 0.717) is 18.2 Å². The third-order valence-corrected chi connectivity index (χ3v) is 4.66. The summed E-state index contributed by atoms with van der Waals surface area (Å²) in [5.74, 6) is 0.610. The molecule has 0 aliphatic rings. The van der Waals surface area contributed by atoms with Gasteiger partial charge in [0.15, 0.2) is 0 Å². The average Bonchev–Trinajstić information content (AvgIpc) is 2.92. The molecule has 0 spiro atoms. The molecule has 0 aliphatic carbocycles. The van der Waals surface area contributed by atoms with Crippen molar-refractivity contribution in [2.45, 2.75) is 33.2 Å². The van der Waals surface area contributed by atoms with E-state index in [1.54, 1.807) is 18.2 Å². The summed E-state index contributed by atoms with van der Waals surface area (Å²) >= 11 is 6.44. The molecule has 0 fully saturated rings. The number of aryl methyl sites for hydroxylation is 1. The third-order valence-electron chi connectivity index (χ3n) is 4.31. The number of carbonyl (C=O) groups is 1. The van der Waals surface area contributed by atoms with E-state index in [1.807, 2.05) is 29.7 Å². The first-order valence-electron chi connectivity index (χ1n) is 8.61. The van der Waals surface area contributed by atoms with Gasteiger partial charge in [0.2, 0.25) is 0 Å². The molecule has 0 bridgehead atoms. The predicted molar refractivity (Wildman–Crippen MR) is 102 cm³/mol. The van der Waals surface area contributed by atoms with Crippen molar-refractivity contribution >= 4 is 28.6 Å². The Balaban J connectivity index is 1.89. The van der Waals surface area contributed by atoms with Gasteiger partial charge < -0.3 is 14.4 Å². The molecule has 6 heteroatoms. The molecule has 0 saturated carbocycles. The van der Waals surface area contributed by atoms with E-state index in [1.165, 1.54) is 0 Å². The van der Waals surface area contributed by atoms with Crippen LogP contribution >= 0.6 is 11.6 Å². The molecule has 3 rings (SSSR count). The fraction of sp³-hybridized carbons (Fsp3) is 0.300. The lowest BCUT2D eigenvalue weighted by Crippen LogP contribution is -2.04. The van der Waals surface area contributed by atoms with Crippen molar-refractivity contribution in [2.24, 2.45) is 0 Å². The molecular formula is C20H21ClN2O3. The molecule has 0 saturated heterocycles. The summed E-state index contributed by atoms with van der Waals surface area (Å²) in [6, 6.07) is 10.6. The number of hydrogen-bond acceptors (Lipinski definition) is 3. The molecule has 1 aromatic heterocycles. The zero-order valence-corrected chi connectivity index (χ0v) is 15.6. The second-order valence-corrected chi connectivity index (χ2v) is 6.62. The van der Waals surface area contributed by atoms with Gasteiger partial charge in [-0.2, -0.15) is 0 Å². The zero-order chi connectivity index (χ0) is 18.7. The minimum Gasteiger partial charge on any atom is -0.494 e. The fourth-order valence-electron chi connectivity index (χ4n) is 2.83. The maximum Gasteiger partial charge on any atom is 0.335 e. The molecule has 0 atom stereocenters. The van der Waals surface area contributed by atoms with E-state index in [0.717, 1.165) is 41.0 Å². The maximum absolute atomic E-state index is 11.3. The summed E-state index contributed by atoms with van der Waals surface area (Å²) in [7, 11) is 0. The number of hydrogen-bond donors (Lipinski definition) is 1. The average molecular weight is 373 g/mol. The van der Waals surface area contributed by atoms with Crippen LogP contribution in [0.15, 0.2) is 36.4 Å². The summed E-state index contributed by atoms with van der Waals surface area (Å²) in [6.45, 7) is 5.21. The van der Waals surface area contributed by atoms with Crippen LogP contribution in [0.4, 0.5) is 0 Å². The molecule has 0 unspecified atom stereocenters. The van der Waals surface area contributed by atoms with E-state index in [-0.39, 0.29) is 5.56 Å². The molecule has 136 valence electrons. The van der Waals surface area contributed by atoms with Gasteiger partial charge in [-0.1, -0.05) is 31.0 Å². The van der Waals surface area contributed by atoms with Crippen LogP contribution in [0.3, 0.4) is 0 Å². The van der Waals surface area contributed by atoms with Gasteiger partial charge in [-0.05, 0) is 49.2 Å². The van der Waals surface area contributed by atoms with Crippen molar-refractivity contribution in [1.29, 1.82) is 0 Å². The third kappa shape index (κ3) is 3.83. The minimum absolute atomic E-state index is 0.240. The summed E-state index contributed by atoms with van der Waals surface area (Å²) in [4.78, 5) is 15.8. The van der Waals surface area contributed by atoms with E-state index < -0.39 is 5.97 Å². The highest BCUT2D eigenvalue weighted by Gasteiger charge is 2.13. The highest BCUT2D eigenvalue weighted by Crippen LogP contribution is 2.26. The molecular weight excluding hydrogens is 352 g/mol. The molecule has 26 heavy (non-hydrogen) atoms. The SMILES string of the molecule is CCCCOc1ccc(Cn2c(C)nc3ccc(C(=O)O)cc32)c(Cl)c1. The Morgan fingerprint density at radius 1 is 1.27 bits per heavy atom. The molecule has 5 nitrogen and oxygen atoms in total. The van der Waals surface area contributed by atoms with Gasteiger partial charge in [-0.25, -0.2) is 9.78 Å². The number of benzene rings is 2. The van der Waals surface area contributed by atoms with Crippen molar-refractivity contribution in [1.82, 2.24) is 9.55 Å². The standard InChI is InChI=1S/C20H21ClN2O3/c1-3-4-9-26-16-7-5-15(17(21)11-16)12-23-13(2)22-18-8-6-14(20(24)25)10-19(18)23/h5-8,10-11H,3-4,9,12H2,1-2H3,(H,24,25). The Bertz CT molecular complexity index is 950. The van der Waals surface area contributed by atoms with Gasteiger partial charge in [-0.15, -0.1) is 0 Å². The van der Waals surface area contributed by atoms with Crippen LogP contribution in [0, 0.1) is 6.92 Å². The Hall–Kier alpha value is -2.53. The van der Waals surface area contributed by atoms with Crippen LogP contribution in [0.5, 0.6) is 5.75 Å². The maximum atomic E-state index is 11.3. The van der Waals surface area contributed by atoms with Gasteiger partial charge in [0.25, 0.3) is 0 Å². The van der Waals surface area contributed by atoms with Crippen LogP contribution in [0.25, 0.3) is 11.0 Å². The van der Waals surface area contributed by atoms with E-state index in [2.05, 4.69) is 11.9 Å². The zero-order valence-electron chi connectivity index (χ0n) is 14.8. The number of imidazole rings is 1. The van der Waals surface area contributed by atoms with Crippen LogP contribution < -0.4 is 4.74 Å². The van der Waals surface area contributed by atoms with Gasteiger partial charge in [0, 0.05) is 5.02 Å². The topological polar surface area (TPSA) is 64.4 Å². The number of halogens is 1.